The number of hydrogen-bond acceptors (Lipinski definition) is 4. The second-order valence-electron chi connectivity index (χ2n) is 8.28. The standard InChI is InChI=1S/C24H26FN3O3/c1-16-10-12-24(13-11-16)27-22(17-6-4-3-5-7-17)23(30)28(24)15-21(29)26-18-8-9-20(31-2)19(25)14-18/h3-9,14,16H,10-13,15H2,1-2H3,(H,26,29). The lowest BCUT2D eigenvalue weighted by Gasteiger charge is -2.40. The Morgan fingerprint density at radius 2 is 1.94 bits per heavy atom. The summed E-state index contributed by atoms with van der Waals surface area (Å²) in [4.78, 5) is 32.6. The fourth-order valence-electron chi connectivity index (χ4n) is 4.33. The molecule has 0 atom stereocenters. The molecule has 1 aliphatic heterocycles. The fraction of sp³-hybridized carbons (Fsp3) is 0.375. The van der Waals surface area contributed by atoms with Crippen molar-refractivity contribution >= 4 is 23.2 Å². The van der Waals surface area contributed by atoms with Crippen LogP contribution in [0, 0.1) is 11.7 Å². The molecule has 0 radical (unpaired) electrons. The topological polar surface area (TPSA) is 71.0 Å². The molecule has 1 N–H and O–H groups in total. The van der Waals surface area contributed by atoms with E-state index in [9.17, 15) is 14.0 Å². The molecule has 31 heavy (non-hydrogen) atoms. The summed E-state index contributed by atoms with van der Waals surface area (Å²) < 4.78 is 18.9. The predicted molar refractivity (Wildman–Crippen MR) is 117 cm³/mol. The third-order valence-electron chi connectivity index (χ3n) is 6.13. The van der Waals surface area contributed by atoms with Gasteiger partial charge in [0.2, 0.25) is 5.91 Å². The van der Waals surface area contributed by atoms with Gasteiger partial charge < -0.3 is 15.0 Å². The molecule has 2 aromatic rings. The van der Waals surface area contributed by atoms with Crippen LogP contribution in [0.3, 0.4) is 0 Å². The van der Waals surface area contributed by atoms with Crippen LogP contribution in [0.1, 0.15) is 38.2 Å². The van der Waals surface area contributed by atoms with E-state index in [2.05, 4.69) is 12.2 Å². The summed E-state index contributed by atoms with van der Waals surface area (Å²) >= 11 is 0. The minimum absolute atomic E-state index is 0.101. The van der Waals surface area contributed by atoms with Crippen molar-refractivity contribution in [3.63, 3.8) is 0 Å². The maximum absolute atomic E-state index is 14.0. The average Bonchev–Trinajstić information content (AvgIpc) is 3.03. The van der Waals surface area contributed by atoms with Gasteiger partial charge in [-0.3, -0.25) is 14.6 Å². The van der Waals surface area contributed by atoms with E-state index in [1.165, 1.54) is 19.2 Å². The highest BCUT2D eigenvalue weighted by Gasteiger charge is 2.49. The molecule has 1 aliphatic carbocycles. The number of ether oxygens (including phenoxy) is 1. The number of methoxy groups -OCH3 is 1. The summed E-state index contributed by atoms with van der Waals surface area (Å²) in [7, 11) is 1.38. The number of anilines is 1. The zero-order valence-electron chi connectivity index (χ0n) is 17.7. The number of halogens is 1. The smallest absolute Gasteiger partial charge is 0.275 e. The van der Waals surface area contributed by atoms with E-state index in [4.69, 9.17) is 9.73 Å². The maximum atomic E-state index is 14.0. The first-order chi connectivity index (χ1) is 14.9. The van der Waals surface area contributed by atoms with Gasteiger partial charge in [0.15, 0.2) is 11.6 Å². The maximum Gasteiger partial charge on any atom is 0.275 e. The Hall–Kier alpha value is -3.22. The highest BCUT2D eigenvalue weighted by Crippen LogP contribution is 2.41. The third kappa shape index (κ3) is 4.17. The van der Waals surface area contributed by atoms with Crippen LogP contribution in [0.5, 0.6) is 5.75 Å². The van der Waals surface area contributed by atoms with Crippen molar-refractivity contribution in [1.82, 2.24) is 4.90 Å². The van der Waals surface area contributed by atoms with Crippen molar-refractivity contribution in [1.29, 1.82) is 0 Å². The molecule has 7 heteroatoms. The molecule has 4 rings (SSSR count). The van der Waals surface area contributed by atoms with E-state index in [1.807, 2.05) is 30.3 Å². The second kappa shape index (κ2) is 8.49. The highest BCUT2D eigenvalue weighted by atomic mass is 19.1. The van der Waals surface area contributed by atoms with Crippen LogP contribution in [-0.4, -0.2) is 41.7 Å². The Bertz CT molecular complexity index is 1010. The summed E-state index contributed by atoms with van der Waals surface area (Å²) in [5.74, 6) is -0.527. The number of hydrogen-bond donors (Lipinski definition) is 1. The first-order valence-corrected chi connectivity index (χ1v) is 10.5. The van der Waals surface area contributed by atoms with E-state index in [0.29, 0.717) is 17.3 Å². The molecule has 1 spiro atoms. The number of nitrogens with one attached hydrogen (secondary N) is 1. The van der Waals surface area contributed by atoms with E-state index < -0.39 is 11.5 Å². The van der Waals surface area contributed by atoms with Crippen molar-refractivity contribution in [2.24, 2.45) is 10.9 Å². The molecule has 6 nitrogen and oxygen atoms in total. The van der Waals surface area contributed by atoms with Crippen molar-refractivity contribution in [3.05, 3.63) is 59.9 Å². The molecule has 0 bridgehead atoms. The van der Waals surface area contributed by atoms with Gasteiger partial charge in [-0.15, -0.1) is 0 Å². The van der Waals surface area contributed by atoms with Crippen LogP contribution in [0.2, 0.25) is 0 Å². The van der Waals surface area contributed by atoms with Crippen molar-refractivity contribution in [3.8, 4) is 5.75 Å². The number of carbonyl (C=O) groups excluding carboxylic acids is 2. The van der Waals surface area contributed by atoms with Crippen LogP contribution in [0.4, 0.5) is 10.1 Å². The number of rotatable bonds is 5. The normalized spacial score (nSPS) is 23.1. The zero-order chi connectivity index (χ0) is 22.0. The van der Waals surface area contributed by atoms with Crippen LogP contribution < -0.4 is 10.1 Å². The molecule has 2 aromatic carbocycles. The van der Waals surface area contributed by atoms with Gasteiger partial charge in [-0.1, -0.05) is 37.3 Å². The van der Waals surface area contributed by atoms with E-state index in [-0.39, 0.29) is 24.1 Å². The van der Waals surface area contributed by atoms with Crippen LogP contribution >= 0.6 is 0 Å². The van der Waals surface area contributed by atoms with Crippen LogP contribution in [0.15, 0.2) is 53.5 Å². The largest absolute Gasteiger partial charge is 0.494 e. The number of amides is 2. The summed E-state index contributed by atoms with van der Waals surface area (Å²) in [5.41, 5.74) is 0.770. The van der Waals surface area contributed by atoms with Crippen molar-refractivity contribution < 1.29 is 18.7 Å². The SMILES string of the molecule is COc1ccc(NC(=O)CN2C(=O)C(c3ccccc3)=NC23CCC(C)CC3)cc1F. The lowest BCUT2D eigenvalue weighted by Crippen LogP contribution is -2.51. The molecule has 0 aromatic heterocycles. The van der Waals surface area contributed by atoms with Gasteiger partial charge in [-0.25, -0.2) is 4.39 Å². The van der Waals surface area contributed by atoms with Crippen molar-refractivity contribution in [2.45, 2.75) is 38.3 Å². The van der Waals surface area contributed by atoms with Crippen LogP contribution in [-0.2, 0) is 9.59 Å². The first-order valence-electron chi connectivity index (χ1n) is 10.5. The minimum atomic E-state index is -0.697. The Kier molecular flexibility index (Phi) is 5.76. The summed E-state index contributed by atoms with van der Waals surface area (Å²) in [6, 6.07) is 13.6. The molecular formula is C24H26FN3O3. The molecule has 1 heterocycles. The fourth-order valence-corrected chi connectivity index (χ4v) is 4.33. The summed E-state index contributed by atoms with van der Waals surface area (Å²) in [6.45, 7) is 2.06. The monoisotopic (exact) mass is 423 g/mol. The predicted octanol–water partition coefficient (Wildman–Crippen LogP) is 4.01. The van der Waals surface area contributed by atoms with Gasteiger partial charge >= 0.3 is 0 Å². The molecular weight excluding hydrogens is 397 g/mol. The Morgan fingerprint density at radius 1 is 1.23 bits per heavy atom. The van der Waals surface area contributed by atoms with Gasteiger partial charge in [0.05, 0.1) is 7.11 Å². The molecule has 2 aliphatic rings. The first kappa shape index (κ1) is 21.0. The van der Waals surface area contributed by atoms with Gasteiger partial charge in [0.1, 0.15) is 17.9 Å². The van der Waals surface area contributed by atoms with Crippen molar-refractivity contribution in [2.75, 3.05) is 19.0 Å². The second-order valence-corrected chi connectivity index (χ2v) is 8.28. The number of benzene rings is 2. The molecule has 0 saturated heterocycles. The van der Waals surface area contributed by atoms with Gasteiger partial charge in [-0.2, -0.15) is 0 Å². The lowest BCUT2D eigenvalue weighted by atomic mass is 9.82. The molecule has 162 valence electrons. The Balaban J connectivity index is 1.56. The number of nitrogens with zero attached hydrogens (tertiary/aromatic N) is 2. The van der Waals surface area contributed by atoms with Crippen LogP contribution in [0.25, 0.3) is 0 Å². The summed E-state index contributed by atoms with van der Waals surface area (Å²) in [6.07, 6.45) is 3.34. The average molecular weight is 423 g/mol. The van der Waals surface area contributed by atoms with Gasteiger partial charge in [0.25, 0.3) is 5.91 Å². The molecule has 1 saturated carbocycles. The quantitative estimate of drug-likeness (QED) is 0.790. The van der Waals surface area contributed by atoms with Gasteiger partial charge in [0, 0.05) is 17.3 Å². The molecule has 2 amide bonds. The molecule has 1 fully saturated rings. The highest BCUT2D eigenvalue weighted by molar-refractivity contribution is 6.47. The summed E-state index contributed by atoms with van der Waals surface area (Å²) in [5, 5.41) is 2.69. The Labute approximate surface area is 181 Å². The lowest BCUT2D eigenvalue weighted by molar-refractivity contribution is -0.134. The van der Waals surface area contributed by atoms with E-state index >= 15 is 0 Å². The number of carbonyl (C=O) groups is 2. The Morgan fingerprint density at radius 3 is 2.58 bits per heavy atom. The third-order valence-corrected chi connectivity index (χ3v) is 6.13. The van der Waals surface area contributed by atoms with Gasteiger partial charge in [-0.05, 0) is 43.7 Å². The molecule has 0 unspecified atom stereocenters. The minimum Gasteiger partial charge on any atom is -0.494 e. The number of aliphatic imine (C=N–C) groups is 1. The zero-order valence-corrected chi connectivity index (χ0v) is 17.7. The van der Waals surface area contributed by atoms with E-state index in [0.717, 1.165) is 31.2 Å². The van der Waals surface area contributed by atoms with E-state index in [1.54, 1.807) is 11.0 Å².